The minimum Gasteiger partial charge on any atom is -0.341 e. The molecular weight excluding hydrogens is 485 g/mol. The number of likely N-dealkylation sites (tertiary alicyclic amines) is 2. The van der Waals surface area contributed by atoms with Gasteiger partial charge in [0, 0.05) is 56.1 Å². The normalized spacial score (nSPS) is 24.8. The molecule has 7 nitrogen and oxygen atoms in total. The minimum atomic E-state index is -5.02. The number of rotatable bonds is 3. The minimum absolute atomic E-state index is 0.112. The van der Waals surface area contributed by atoms with E-state index in [2.05, 4.69) is 15.8 Å². The number of halogens is 5. The maximum Gasteiger partial charge on any atom is 0.419 e. The van der Waals surface area contributed by atoms with E-state index in [4.69, 9.17) is 0 Å². The van der Waals surface area contributed by atoms with E-state index in [0.717, 1.165) is 6.07 Å². The Kier molecular flexibility index (Phi) is 6.41. The zero-order valence-electron chi connectivity index (χ0n) is 19.1. The average Bonchev–Trinajstić information content (AvgIpc) is 3.46. The van der Waals surface area contributed by atoms with Gasteiger partial charge in [0.1, 0.15) is 6.04 Å². The number of hydrogen-bond donors (Lipinski definition) is 2. The van der Waals surface area contributed by atoms with Gasteiger partial charge in [-0.05, 0) is 42.5 Å². The van der Waals surface area contributed by atoms with Gasteiger partial charge in [0.05, 0.1) is 5.56 Å². The molecule has 0 aliphatic carbocycles. The van der Waals surface area contributed by atoms with E-state index < -0.39 is 35.3 Å². The van der Waals surface area contributed by atoms with Crippen molar-refractivity contribution in [2.75, 3.05) is 26.2 Å². The average molecular weight is 509 g/mol. The van der Waals surface area contributed by atoms with Crippen molar-refractivity contribution in [2.45, 2.75) is 37.0 Å². The third-order valence-electron chi connectivity index (χ3n) is 7.36. The first kappa shape index (κ1) is 24.6. The number of nitrogens with zero attached hydrogens (tertiary/aromatic N) is 3. The van der Waals surface area contributed by atoms with E-state index in [-0.39, 0.29) is 55.3 Å². The molecule has 5 rings (SSSR count). The van der Waals surface area contributed by atoms with Crippen molar-refractivity contribution in [2.24, 2.45) is 5.92 Å². The van der Waals surface area contributed by atoms with E-state index in [0.29, 0.717) is 24.7 Å². The lowest BCUT2D eigenvalue weighted by Gasteiger charge is -2.35. The molecule has 192 valence electrons. The van der Waals surface area contributed by atoms with Crippen molar-refractivity contribution in [3.8, 4) is 0 Å². The van der Waals surface area contributed by atoms with Gasteiger partial charge in [-0.2, -0.15) is 13.2 Å². The van der Waals surface area contributed by atoms with Crippen LogP contribution in [0.2, 0.25) is 0 Å². The van der Waals surface area contributed by atoms with Gasteiger partial charge < -0.3 is 9.80 Å². The molecule has 3 aliphatic rings. The van der Waals surface area contributed by atoms with Crippen LogP contribution in [-0.2, 0) is 11.0 Å². The maximum atomic E-state index is 14.0. The summed E-state index contributed by atoms with van der Waals surface area (Å²) in [6.07, 6.45) is -1.55. The number of pyridine rings is 1. The van der Waals surface area contributed by atoms with Crippen LogP contribution in [0.3, 0.4) is 0 Å². The molecule has 0 saturated carbocycles. The number of piperidine rings is 1. The lowest BCUT2D eigenvalue weighted by Crippen LogP contribution is -2.51. The zero-order valence-corrected chi connectivity index (χ0v) is 19.1. The highest BCUT2D eigenvalue weighted by Crippen LogP contribution is 2.41. The molecule has 0 spiro atoms. The summed E-state index contributed by atoms with van der Waals surface area (Å²) in [6, 6.07) is 4.27. The molecule has 3 aliphatic heterocycles. The van der Waals surface area contributed by atoms with Crippen molar-refractivity contribution in [3.05, 3.63) is 65.0 Å². The second kappa shape index (κ2) is 9.40. The van der Waals surface area contributed by atoms with Crippen molar-refractivity contribution in [3.63, 3.8) is 0 Å². The topological polar surface area (TPSA) is 77.6 Å². The molecule has 1 aromatic heterocycles. The summed E-state index contributed by atoms with van der Waals surface area (Å²) in [6.45, 7) is 1.19. The second-order valence-corrected chi connectivity index (χ2v) is 9.41. The van der Waals surface area contributed by atoms with Gasteiger partial charge in [0.2, 0.25) is 5.91 Å². The van der Waals surface area contributed by atoms with Crippen molar-refractivity contribution >= 4 is 11.8 Å². The Hall–Kier alpha value is -3.12. The largest absolute Gasteiger partial charge is 0.419 e. The first-order valence-corrected chi connectivity index (χ1v) is 11.7. The smallest absolute Gasteiger partial charge is 0.341 e. The Labute approximate surface area is 203 Å². The summed E-state index contributed by atoms with van der Waals surface area (Å²) in [5, 5.41) is 0. The van der Waals surface area contributed by atoms with Crippen LogP contribution in [0.1, 0.15) is 40.2 Å². The summed E-state index contributed by atoms with van der Waals surface area (Å²) >= 11 is 0. The molecule has 3 saturated heterocycles. The number of nitrogens with one attached hydrogen (secondary N) is 2. The maximum absolute atomic E-state index is 14.0. The van der Waals surface area contributed by atoms with Crippen molar-refractivity contribution < 1.29 is 31.5 Å². The third kappa shape index (κ3) is 4.43. The lowest BCUT2D eigenvalue weighted by atomic mass is 9.85. The Bertz CT molecular complexity index is 1150. The first-order valence-electron chi connectivity index (χ1n) is 11.7. The van der Waals surface area contributed by atoms with E-state index in [1.54, 1.807) is 21.9 Å². The predicted octanol–water partition coefficient (Wildman–Crippen LogP) is 2.70. The standard InChI is InChI=1S/C24H24F5N5O2/c25-17-2-1-15(19(20(17)26)24(27,28)29)13-5-9-33(10-6-13)23(36)21-16-11-34(12-18(16)31-32-21)22(35)14-3-7-30-8-4-14/h1-4,7-8,13,16,18,21,31-32H,5-6,9-12H2. The fourth-order valence-electron chi connectivity index (χ4n) is 5.51. The Morgan fingerprint density at radius 1 is 0.944 bits per heavy atom. The molecule has 0 radical (unpaired) electrons. The number of hydrazine groups is 1. The Morgan fingerprint density at radius 2 is 1.64 bits per heavy atom. The van der Waals surface area contributed by atoms with Crippen LogP contribution in [-0.4, -0.2) is 64.9 Å². The summed E-state index contributed by atoms with van der Waals surface area (Å²) in [4.78, 5) is 33.3. The first-order chi connectivity index (χ1) is 17.1. The summed E-state index contributed by atoms with van der Waals surface area (Å²) < 4.78 is 67.9. The number of amides is 2. The lowest BCUT2D eigenvalue weighted by molar-refractivity contribution is -0.141. The van der Waals surface area contributed by atoms with Crippen LogP contribution in [0.5, 0.6) is 0 Å². The van der Waals surface area contributed by atoms with Gasteiger partial charge in [-0.25, -0.2) is 14.2 Å². The number of carbonyl (C=O) groups is 2. The molecule has 12 heteroatoms. The van der Waals surface area contributed by atoms with Gasteiger partial charge in [0.25, 0.3) is 5.91 Å². The number of benzene rings is 1. The molecule has 3 fully saturated rings. The van der Waals surface area contributed by atoms with Crippen LogP contribution < -0.4 is 10.9 Å². The number of fused-ring (bicyclic) bond motifs is 1. The highest BCUT2D eigenvalue weighted by Gasteiger charge is 2.48. The van der Waals surface area contributed by atoms with Gasteiger partial charge >= 0.3 is 6.18 Å². The summed E-state index contributed by atoms with van der Waals surface area (Å²) in [5.41, 5.74) is 4.76. The third-order valence-corrected chi connectivity index (χ3v) is 7.36. The number of aromatic nitrogens is 1. The van der Waals surface area contributed by atoms with Gasteiger partial charge in [-0.1, -0.05) is 6.07 Å². The van der Waals surface area contributed by atoms with Gasteiger partial charge in [0.15, 0.2) is 11.6 Å². The summed E-state index contributed by atoms with van der Waals surface area (Å²) in [7, 11) is 0. The number of carbonyl (C=O) groups excluding carboxylic acids is 2. The molecule has 1 aromatic carbocycles. The highest BCUT2D eigenvalue weighted by molar-refractivity contribution is 5.94. The Morgan fingerprint density at radius 3 is 2.31 bits per heavy atom. The number of hydrogen-bond acceptors (Lipinski definition) is 5. The van der Waals surface area contributed by atoms with Gasteiger partial charge in [-0.3, -0.25) is 20.0 Å². The van der Waals surface area contributed by atoms with E-state index >= 15 is 0 Å². The quantitative estimate of drug-likeness (QED) is 0.623. The van der Waals surface area contributed by atoms with Crippen molar-refractivity contribution in [1.29, 1.82) is 0 Å². The van der Waals surface area contributed by atoms with E-state index in [9.17, 15) is 31.5 Å². The molecule has 2 N–H and O–H groups in total. The molecular formula is C24H24F5N5O2. The SMILES string of the molecule is O=C(c1ccncc1)N1CC2NNC(C(=O)N3CCC(c4ccc(F)c(F)c4C(F)(F)F)CC3)C2C1. The van der Waals surface area contributed by atoms with Crippen LogP contribution in [0.15, 0.2) is 36.7 Å². The molecule has 3 unspecified atom stereocenters. The number of alkyl halides is 3. The zero-order chi connectivity index (χ0) is 25.6. The summed E-state index contributed by atoms with van der Waals surface area (Å²) in [5.74, 6) is -4.59. The molecule has 0 bridgehead atoms. The van der Waals surface area contributed by atoms with Gasteiger partial charge in [-0.15, -0.1) is 0 Å². The fourth-order valence-corrected chi connectivity index (χ4v) is 5.51. The molecule has 3 atom stereocenters. The van der Waals surface area contributed by atoms with Crippen LogP contribution in [0.25, 0.3) is 0 Å². The van der Waals surface area contributed by atoms with E-state index in [1.807, 2.05) is 0 Å². The van der Waals surface area contributed by atoms with Crippen LogP contribution >= 0.6 is 0 Å². The fraction of sp³-hybridized carbons (Fsp3) is 0.458. The predicted molar refractivity (Wildman–Crippen MR) is 117 cm³/mol. The Balaban J connectivity index is 1.23. The second-order valence-electron chi connectivity index (χ2n) is 9.41. The van der Waals surface area contributed by atoms with Crippen LogP contribution in [0.4, 0.5) is 22.0 Å². The van der Waals surface area contributed by atoms with Crippen LogP contribution in [0, 0.1) is 17.6 Å². The monoisotopic (exact) mass is 509 g/mol. The van der Waals surface area contributed by atoms with E-state index in [1.165, 1.54) is 12.4 Å². The molecule has 36 heavy (non-hydrogen) atoms. The van der Waals surface area contributed by atoms with Crippen molar-refractivity contribution in [1.82, 2.24) is 25.6 Å². The molecule has 4 heterocycles. The molecule has 2 amide bonds. The highest BCUT2D eigenvalue weighted by atomic mass is 19.4. The molecule has 2 aromatic rings.